The van der Waals surface area contributed by atoms with Crippen molar-refractivity contribution in [2.75, 3.05) is 0 Å². The van der Waals surface area contributed by atoms with E-state index in [-0.39, 0.29) is 17.0 Å². The standard InChI is InChI=1S/C24H18N4OS/c1-14-7-3-5-9-16(14)11-20-23(29)28-22(27)18(12-25)21(19(13-26)24(28)30-20)17-10-6-4-8-15(17)2/h3-11,21H,27H2,1-2H3/b20-11+/t21-/m1/s1. The minimum Gasteiger partial charge on any atom is -0.384 e. The normalized spacial score (nSPS) is 16.2. The van der Waals surface area contributed by atoms with Gasteiger partial charge in [-0.05, 0) is 42.2 Å². The predicted molar refractivity (Wildman–Crippen MR) is 119 cm³/mol. The summed E-state index contributed by atoms with van der Waals surface area (Å²) in [4.78, 5) is 13.2. The lowest BCUT2D eigenvalue weighted by Crippen LogP contribution is -2.38. The molecule has 3 aromatic rings. The van der Waals surface area contributed by atoms with Crippen molar-refractivity contribution in [2.24, 2.45) is 5.73 Å². The molecule has 0 unspecified atom stereocenters. The highest BCUT2D eigenvalue weighted by molar-refractivity contribution is 7.07. The first-order chi connectivity index (χ1) is 14.5. The second-order valence-corrected chi connectivity index (χ2v) is 8.17. The van der Waals surface area contributed by atoms with Crippen LogP contribution in [0, 0.1) is 36.5 Å². The van der Waals surface area contributed by atoms with Gasteiger partial charge in [-0.2, -0.15) is 10.5 Å². The average molecular weight is 411 g/mol. The van der Waals surface area contributed by atoms with Crippen molar-refractivity contribution in [1.82, 2.24) is 4.57 Å². The summed E-state index contributed by atoms with van der Waals surface area (Å²) in [6, 6.07) is 19.8. The molecule has 1 aliphatic heterocycles. The van der Waals surface area contributed by atoms with E-state index in [1.54, 1.807) is 0 Å². The second-order valence-electron chi connectivity index (χ2n) is 7.14. The Morgan fingerprint density at radius 1 is 1.00 bits per heavy atom. The van der Waals surface area contributed by atoms with Crippen LogP contribution in [0.25, 0.3) is 17.5 Å². The van der Waals surface area contributed by atoms with E-state index in [2.05, 4.69) is 12.1 Å². The van der Waals surface area contributed by atoms with E-state index in [0.717, 1.165) is 22.3 Å². The highest BCUT2D eigenvalue weighted by Gasteiger charge is 2.32. The molecule has 4 rings (SSSR count). The number of hydrogen-bond donors (Lipinski definition) is 1. The molecule has 0 saturated carbocycles. The number of aromatic nitrogens is 1. The minimum absolute atomic E-state index is 0.0884. The third kappa shape index (κ3) is 2.95. The van der Waals surface area contributed by atoms with Crippen molar-refractivity contribution < 1.29 is 0 Å². The Morgan fingerprint density at radius 2 is 1.63 bits per heavy atom. The summed E-state index contributed by atoms with van der Waals surface area (Å²) in [5, 5.41) is 19.9. The van der Waals surface area contributed by atoms with Crippen LogP contribution in [0.3, 0.4) is 0 Å². The molecule has 2 heterocycles. The number of benzene rings is 2. The van der Waals surface area contributed by atoms with E-state index in [1.807, 2.05) is 68.5 Å². The number of aryl methyl sites for hydroxylation is 2. The lowest BCUT2D eigenvalue weighted by Gasteiger charge is -2.23. The second kappa shape index (κ2) is 7.51. The fourth-order valence-corrected chi connectivity index (χ4v) is 4.88. The lowest BCUT2D eigenvalue weighted by atomic mass is 9.82. The van der Waals surface area contributed by atoms with Crippen LogP contribution in [0.4, 0.5) is 0 Å². The van der Waals surface area contributed by atoms with Crippen LogP contribution in [0.15, 0.2) is 58.9 Å². The molecule has 2 aromatic carbocycles. The SMILES string of the molecule is Cc1ccccc1/C=c1/sc2n(c1=O)C(N)=C(C#N)[C@@H](c1ccccc1C)C=2C#N. The van der Waals surface area contributed by atoms with Gasteiger partial charge in [0.15, 0.2) is 0 Å². The first kappa shape index (κ1) is 19.4. The van der Waals surface area contributed by atoms with Gasteiger partial charge in [-0.1, -0.05) is 48.5 Å². The van der Waals surface area contributed by atoms with Gasteiger partial charge in [-0.25, -0.2) is 0 Å². The Hall–Kier alpha value is -3.87. The summed E-state index contributed by atoms with van der Waals surface area (Å²) in [5.74, 6) is -0.504. The number of thiazole rings is 1. The summed E-state index contributed by atoms with van der Waals surface area (Å²) in [5.41, 5.74) is 10.3. The zero-order chi connectivity index (χ0) is 21.4. The maximum Gasteiger partial charge on any atom is 0.274 e. The van der Waals surface area contributed by atoms with Crippen molar-refractivity contribution in [3.63, 3.8) is 0 Å². The zero-order valence-corrected chi connectivity index (χ0v) is 17.3. The lowest BCUT2D eigenvalue weighted by molar-refractivity contribution is 0.902. The Bertz CT molecular complexity index is 1470. The maximum absolute atomic E-state index is 13.2. The number of rotatable bonds is 2. The molecule has 5 nitrogen and oxygen atoms in total. The quantitative estimate of drug-likeness (QED) is 0.702. The molecule has 1 aliphatic rings. The number of nitriles is 2. The van der Waals surface area contributed by atoms with Crippen LogP contribution in [0.5, 0.6) is 0 Å². The van der Waals surface area contributed by atoms with Crippen molar-refractivity contribution in [3.8, 4) is 12.1 Å². The molecule has 146 valence electrons. The minimum atomic E-state index is -0.592. The fourth-order valence-electron chi connectivity index (χ4n) is 3.76. The molecule has 0 spiro atoms. The Balaban J connectivity index is 2.10. The number of allylic oxidation sites excluding steroid dienone is 1. The van der Waals surface area contributed by atoms with Gasteiger partial charge < -0.3 is 5.73 Å². The van der Waals surface area contributed by atoms with Gasteiger partial charge >= 0.3 is 0 Å². The predicted octanol–water partition coefficient (Wildman–Crippen LogP) is 2.48. The zero-order valence-electron chi connectivity index (χ0n) is 16.5. The number of nitrogens with two attached hydrogens (primary N) is 1. The van der Waals surface area contributed by atoms with Gasteiger partial charge in [0.05, 0.1) is 33.7 Å². The first-order valence-corrected chi connectivity index (χ1v) is 10.2. The highest BCUT2D eigenvalue weighted by Crippen LogP contribution is 2.36. The van der Waals surface area contributed by atoms with Crippen LogP contribution in [0.1, 0.15) is 28.2 Å². The summed E-state index contributed by atoms with van der Waals surface area (Å²) in [6.07, 6.45) is 1.81. The van der Waals surface area contributed by atoms with E-state index < -0.39 is 5.92 Å². The topological polar surface area (TPSA) is 95.6 Å². The van der Waals surface area contributed by atoms with Crippen LogP contribution in [-0.4, -0.2) is 4.57 Å². The largest absolute Gasteiger partial charge is 0.384 e. The van der Waals surface area contributed by atoms with Crippen molar-refractivity contribution in [3.05, 3.63) is 95.9 Å². The van der Waals surface area contributed by atoms with E-state index in [4.69, 9.17) is 5.73 Å². The first-order valence-electron chi connectivity index (χ1n) is 9.37. The Morgan fingerprint density at radius 3 is 2.27 bits per heavy atom. The van der Waals surface area contributed by atoms with Gasteiger partial charge in [-0.15, -0.1) is 11.3 Å². The molecule has 1 aromatic heterocycles. The molecule has 0 radical (unpaired) electrons. The summed E-state index contributed by atoms with van der Waals surface area (Å²) in [6.45, 7) is 3.91. The molecule has 30 heavy (non-hydrogen) atoms. The highest BCUT2D eigenvalue weighted by atomic mass is 32.1. The average Bonchev–Trinajstić information content (AvgIpc) is 3.06. The Labute approximate surface area is 177 Å². The fraction of sp³-hybridized carbons (Fsp3) is 0.125. The molecule has 0 fully saturated rings. The van der Waals surface area contributed by atoms with Gasteiger partial charge in [0, 0.05) is 0 Å². The van der Waals surface area contributed by atoms with E-state index in [9.17, 15) is 15.3 Å². The third-order valence-electron chi connectivity index (χ3n) is 5.36. The Kier molecular flexibility index (Phi) is 4.87. The molecule has 0 bridgehead atoms. The van der Waals surface area contributed by atoms with Gasteiger partial charge in [0.1, 0.15) is 10.5 Å². The number of nitrogens with zero attached hydrogens (tertiary/aromatic N) is 3. The summed E-state index contributed by atoms with van der Waals surface area (Å²) < 4.78 is 2.26. The van der Waals surface area contributed by atoms with Crippen LogP contribution < -0.4 is 20.5 Å². The molecule has 0 saturated heterocycles. The summed E-state index contributed by atoms with van der Waals surface area (Å²) in [7, 11) is 0. The molecule has 1 atom stereocenters. The van der Waals surface area contributed by atoms with Gasteiger partial charge in [-0.3, -0.25) is 9.36 Å². The number of fused-ring (bicyclic) bond motifs is 1. The van der Waals surface area contributed by atoms with E-state index >= 15 is 0 Å². The van der Waals surface area contributed by atoms with Crippen molar-refractivity contribution in [1.29, 1.82) is 10.5 Å². The smallest absolute Gasteiger partial charge is 0.274 e. The summed E-state index contributed by atoms with van der Waals surface area (Å²) >= 11 is 1.23. The van der Waals surface area contributed by atoms with E-state index in [0.29, 0.717) is 14.8 Å². The molecule has 0 aliphatic carbocycles. The van der Waals surface area contributed by atoms with Gasteiger partial charge in [0.2, 0.25) is 0 Å². The number of hydrogen-bond acceptors (Lipinski definition) is 5. The third-order valence-corrected chi connectivity index (χ3v) is 6.47. The van der Waals surface area contributed by atoms with Crippen molar-refractivity contribution >= 4 is 28.8 Å². The van der Waals surface area contributed by atoms with Gasteiger partial charge in [0.25, 0.3) is 5.56 Å². The molecule has 2 N–H and O–H groups in total. The molecule has 6 heteroatoms. The maximum atomic E-state index is 13.2. The van der Waals surface area contributed by atoms with E-state index in [1.165, 1.54) is 15.9 Å². The van der Waals surface area contributed by atoms with Crippen LogP contribution >= 0.6 is 11.3 Å². The molecule has 0 amide bonds. The van der Waals surface area contributed by atoms with Crippen molar-refractivity contribution in [2.45, 2.75) is 19.8 Å². The van der Waals surface area contributed by atoms with Crippen LogP contribution in [-0.2, 0) is 0 Å². The molecular formula is C24H18N4OS. The monoisotopic (exact) mass is 410 g/mol. The van der Waals surface area contributed by atoms with Crippen LogP contribution in [0.2, 0.25) is 0 Å². The molecular weight excluding hydrogens is 392 g/mol.